The Hall–Kier alpha value is -1.89. The zero-order chi connectivity index (χ0) is 17.8. The van der Waals surface area contributed by atoms with Crippen LogP contribution in [0.25, 0.3) is 0 Å². The molecule has 0 spiro atoms. The van der Waals surface area contributed by atoms with E-state index in [0.29, 0.717) is 17.9 Å². The van der Waals surface area contributed by atoms with Gasteiger partial charge in [0.25, 0.3) is 0 Å². The van der Waals surface area contributed by atoms with Crippen LogP contribution in [0.4, 0.5) is 0 Å². The predicted octanol–water partition coefficient (Wildman–Crippen LogP) is 3.12. The fourth-order valence-corrected chi connectivity index (χ4v) is 4.10. The maximum Gasteiger partial charge on any atom is 0.194 e. The van der Waals surface area contributed by atoms with Gasteiger partial charge in [-0.3, -0.25) is 4.99 Å². The minimum absolute atomic E-state index is 0.432. The average molecular weight is 361 g/mol. The number of imidazole rings is 1. The topological polar surface area (TPSA) is 58.3 Å². The first-order valence-electron chi connectivity index (χ1n) is 8.95. The quantitative estimate of drug-likeness (QED) is 0.672. The van der Waals surface area contributed by atoms with Gasteiger partial charge in [0.05, 0.1) is 29.6 Å². The van der Waals surface area contributed by atoms with Gasteiger partial charge in [0, 0.05) is 43.8 Å². The number of piperidine rings is 1. The second-order valence-corrected chi connectivity index (χ2v) is 7.91. The smallest absolute Gasteiger partial charge is 0.194 e. The molecule has 2 atom stereocenters. The van der Waals surface area contributed by atoms with Crippen LogP contribution in [0.2, 0.25) is 0 Å². The van der Waals surface area contributed by atoms with Gasteiger partial charge >= 0.3 is 0 Å². The van der Waals surface area contributed by atoms with Gasteiger partial charge in [-0.25, -0.2) is 9.97 Å². The molecule has 0 saturated carbocycles. The summed E-state index contributed by atoms with van der Waals surface area (Å²) in [5, 5.41) is 6.82. The van der Waals surface area contributed by atoms with Gasteiger partial charge in [0.1, 0.15) is 0 Å². The number of aliphatic imine (C=N–C) groups is 1. The third-order valence-corrected chi connectivity index (χ3v) is 6.02. The summed E-state index contributed by atoms with van der Waals surface area (Å²) < 4.78 is 2.22. The van der Waals surface area contributed by atoms with E-state index in [4.69, 9.17) is 4.98 Å². The second-order valence-electron chi connectivity index (χ2n) is 7.02. The molecule has 0 radical (unpaired) electrons. The molecule has 0 amide bonds. The van der Waals surface area contributed by atoms with Crippen LogP contribution in [0.1, 0.15) is 49.9 Å². The van der Waals surface area contributed by atoms with E-state index >= 15 is 0 Å². The first-order valence-corrected chi connectivity index (χ1v) is 9.83. The second kappa shape index (κ2) is 7.99. The van der Waals surface area contributed by atoms with E-state index in [1.807, 2.05) is 19.6 Å². The van der Waals surface area contributed by atoms with E-state index in [2.05, 4.69) is 57.1 Å². The lowest BCUT2D eigenvalue weighted by Gasteiger charge is -2.39. The van der Waals surface area contributed by atoms with Crippen LogP contribution >= 0.6 is 11.3 Å². The molecule has 0 aromatic carbocycles. The van der Waals surface area contributed by atoms with Crippen LogP contribution in [-0.4, -0.2) is 45.5 Å². The van der Waals surface area contributed by atoms with E-state index in [0.717, 1.165) is 37.7 Å². The molecule has 3 heterocycles. The summed E-state index contributed by atoms with van der Waals surface area (Å²) in [5.74, 6) is 2.07. The Morgan fingerprint density at radius 1 is 1.48 bits per heavy atom. The first kappa shape index (κ1) is 17.9. The summed E-state index contributed by atoms with van der Waals surface area (Å²) in [6.45, 7) is 9.38. The van der Waals surface area contributed by atoms with Crippen LogP contribution in [0.15, 0.2) is 29.1 Å². The van der Waals surface area contributed by atoms with E-state index in [9.17, 15) is 0 Å². The minimum Gasteiger partial charge on any atom is -0.351 e. The van der Waals surface area contributed by atoms with Crippen LogP contribution in [0.3, 0.4) is 0 Å². The molecule has 7 heteroatoms. The lowest BCUT2D eigenvalue weighted by molar-refractivity contribution is 0.189. The van der Waals surface area contributed by atoms with E-state index in [-0.39, 0.29) is 0 Å². The molecule has 2 aromatic rings. The normalized spacial score (nSPS) is 21.8. The predicted molar refractivity (Wildman–Crippen MR) is 103 cm³/mol. The summed E-state index contributed by atoms with van der Waals surface area (Å²) in [6, 6.07) is 0.432. The fourth-order valence-electron chi connectivity index (χ4n) is 3.27. The van der Waals surface area contributed by atoms with E-state index in [1.165, 1.54) is 5.01 Å². The standard InChI is InChI=1S/C18H28N6S/c1-13(2)17-22-15(11-25-17)9-21-18(19-4)23-7-5-14(3)16(10-23)24-8-6-20-12-24/h6,8,11-14,16H,5,7,9-10H2,1-4H3,(H,19,21). The molecule has 1 saturated heterocycles. The number of guanidine groups is 1. The number of hydrogen-bond acceptors (Lipinski definition) is 4. The molecule has 2 unspecified atom stereocenters. The highest BCUT2D eigenvalue weighted by molar-refractivity contribution is 7.09. The van der Waals surface area contributed by atoms with Crippen LogP contribution in [-0.2, 0) is 6.54 Å². The highest BCUT2D eigenvalue weighted by Gasteiger charge is 2.28. The summed E-state index contributed by atoms with van der Waals surface area (Å²) in [5.41, 5.74) is 1.09. The molecule has 1 N–H and O–H groups in total. The van der Waals surface area contributed by atoms with Crippen molar-refractivity contribution < 1.29 is 0 Å². The molecule has 3 rings (SSSR count). The van der Waals surface area contributed by atoms with Gasteiger partial charge < -0.3 is 14.8 Å². The molecule has 25 heavy (non-hydrogen) atoms. The highest BCUT2D eigenvalue weighted by Crippen LogP contribution is 2.27. The summed E-state index contributed by atoms with van der Waals surface area (Å²) in [4.78, 5) is 15.7. The first-order chi connectivity index (χ1) is 12.1. The largest absolute Gasteiger partial charge is 0.351 e. The third kappa shape index (κ3) is 4.21. The molecular weight excluding hydrogens is 332 g/mol. The summed E-state index contributed by atoms with van der Waals surface area (Å²) in [6.07, 6.45) is 6.98. The Balaban J connectivity index is 1.62. The molecule has 0 bridgehead atoms. The van der Waals surface area contributed by atoms with E-state index < -0.39 is 0 Å². The molecule has 2 aromatic heterocycles. The van der Waals surface area contributed by atoms with Crippen LogP contribution in [0, 0.1) is 5.92 Å². The minimum atomic E-state index is 0.432. The summed E-state index contributed by atoms with van der Waals surface area (Å²) in [7, 11) is 1.85. The SMILES string of the molecule is CN=C(NCc1csc(C(C)C)n1)N1CCC(C)C(n2ccnc2)C1. The van der Waals surface area contributed by atoms with E-state index in [1.54, 1.807) is 11.3 Å². The Kier molecular flexibility index (Phi) is 5.73. The van der Waals surface area contributed by atoms with Gasteiger partial charge in [0.2, 0.25) is 0 Å². The molecule has 1 aliphatic heterocycles. The van der Waals surface area contributed by atoms with Gasteiger partial charge in [0.15, 0.2) is 5.96 Å². The van der Waals surface area contributed by atoms with Crippen molar-refractivity contribution in [2.75, 3.05) is 20.1 Å². The Morgan fingerprint density at radius 2 is 2.32 bits per heavy atom. The third-order valence-electron chi connectivity index (χ3n) is 4.83. The van der Waals surface area contributed by atoms with Crippen molar-refractivity contribution in [2.45, 2.75) is 45.7 Å². The van der Waals surface area contributed by atoms with Crippen molar-refractivity contribution in [3.63, 3.8) is 0 Å². The number of nitrogens with one attached hydrogen (secondary N) is 1. The molecule has 136 valence electrons. The lowest BCUT2D eigenvalue weighted by atomic mass is 9.93. The molecule has 0 aliphatic carbocycles. The highest BCUT2D eigenvalue weighted by atomic mass is 32.1. The monoisotopic (exact) mass is 360 g/mol. The number of nitrogens with zero attached hydrogens (tertiary/aromatic N) is 5. The Bertz CT molecular complexity index is 690. The van der Waals surface area contributed by atoms with Gasteiger partial charge in [-0.2, -0.15) is 0 Å². The number of aromatic nitrogens is 3. The summed E-state index contributed by atoms with van der Waals surface area (Å²) >= 11 is 1.74. The Labute approximate surface area is 154 Å². The van der Waals surface area contributed by atoms with Crippen molar-refractivity contribution in [3.05, 3.63) is 34.8 Å². The van der Waals surface area contributed by atoms with Gasteiger partial charge in [-0.1, -0.05) is 20.8 Å². The number of hydrogen-bond donors (Lipinski definition) is 1. The molecule has 6 nitrogen and oxygen atoms in total. The lowest BCUT2D eigenvalue weighted by Crippen LogP contribution is -2.48. The zero-order valence-corrected chi connectivity index (χ0v) is 16.3. The molecule has 1 aliphatic rings. The van der Waals surface area contributed by atoms with Crippen molar-refractivity contribution in [1.82, 2.24) is 24.8 Å². The van der Waals surface area contributed by atoms with Crippen LogP contribution in [0.5, 0.6) is 0 Å². The number of thiazole rings is 1. The van der Waals surface area contributed by atoms with Crippen molar-refractivity contribution in [2.24, 2.45) is 10.9 Å². The van der Waals surface area contributed by atoms with Gasteiger partial charge in [-0.05, 0) is 12.3 Å². The molecule has 1 fully saturated rings. The number of likely N-dealkylation sites (tertiary alicyclic amines) is 1. The van der Waals surface area contributed by atoms with Crippen molar-refractivity contribution in [1.29, 1.82) is 0 Å². The van der Waals surface area contributed by atoms with Crippen molar-refractivity contribution in [3.8, 4) is 0 Å². The van der Waals surface area contributed by atoms with Gasteiger partial charge in [-0.15, -0.1) is 11.3 Å². The number of rotatable bonds is 4. The fraction of sp³-hybridized carbons (Fsp3) is 0.611. The zero-order valence-electron chi connectivity index (χ0n) is 15.5. The maximum atomic E-state index is 4.70. The Morgan fingerprint density at radius 3 is 2.96 bits per heavy atom. The van der Waals surface area contributed by atoms with Crippen molar-refractivity contribution >= 4 is 17.3 Å². The maximum absolute atomic E-state index is 4.70. The average Bonchev–Trinajstić information content (AvgIpc) is 3.28. The van der Waals surface area contributed by atoms with Crippen LogP contribution < -0.4 is 5.32 Å². The molecular formula is C18H28N6S.